The van der Waals surface area contributed by atoms with Crippen LogP contribution in [-0.4, -0.2) is 54.6 Å². The van der Waals surface area contributed by atoms with Crippen LogP contribution in [0.1, 0.15) is 18.4 Å². The highest BCUT2D eigenvalue weighted by atomic mass is 16.5. The Morgan fingerprint density at radius 1 is 1.07 bits per heavy atom. The highest BCUT2D eigenvalue weighted by Crippen LogP contribution is 2.35. The first-order valence-electron chi connectivity index (χ1n) is 9.55. The number of para-hydroxylation sites is 2. The van der Waals surface area contributed by atoms with E-state index in [1.54, 1.807) is 0 Å². The number of hydrogen-bond acceptors (Lipinski definition) is 4. The fraction of sp³-hybridized carbons (Fsp3) is 0.409. The lowest BCUT2D eigenvalue weighted by Gasteiger charge is -2.41. The molecule has 2 aromatic rings. The molecule has 2 aliphatic heterocycles. The van der Waals surface area contributed by atoms with Crippen LogP contribution in [0.25, 0.3) is 0 Å². The average Bonchev–Trinajstić information content (AvgIpc) is 2.86. The lowest BCUT2D eigenvalue weighted by Crippen LogP contribution is -2.54. The molecule has 1 saturated heterocycles. The zero-order valence-electron chi connectivity index (χ0n) is 15.8. The number of carbonyl (C=O) groups is 1. The van der Waals surface area contributed by atoms with Crippen LogP contribution in [0.5, 0.6) is 11.5 Å². The number of benzene rings is 2. The van der Waals surface area contributed by atoms with Crippen molar-refractivity contribution in [2.45, 2.75) is 25.0 Å². The number of fused-ring (bicyclic) bond motifs is 1. The van der Waals surface area contributed by atoms with Crippen LogP contribution < -0.4 is 9.47 Å². The topological polar surface area (TPSA) is 42.0 Å². The molecule has 0 N–H and O–H groups in total. The molecular weight excluding hydrogens is 340 g/mol. The maximum atomic E-state index is 13.0. The van der Waals surface area contributed by atoms with E-state index in [1.165, 1.54) is 0 Å². The van der Waals surface area contributed by atoms with Crippen molar-refractivity contribution in [2.75, 3.05) is 33.3 Å². The molecule has 0 saturated carbocycles. The van der Waals surface area contributed by atoms with Crippen molar-refractivity contribution in [3.05, 3.63) is 60.2 Å². The number of piperidine rings is 1. The first-order valence-corrected chi connectivity index (χ1v) is 9.55. The van der Waals surface area contributed by atoms with Crippen molar-refractivity contribution in [1.82, 2.24) is 9.80 Å². The van der Waals surface area contributed by atoms with Gasteiger partial charge in [-0.15, -0.1) is 0 Å². The highest BCUT2D eigenvalue weighted by molar-refractivity contribution is 5.78. The molecule has 5 heteroatoms. The monoisotopic (exact) mass is 366 g/mol. The quantitative estimate of drug-likeness (QED) is 0.838. The lowest BCUT2D eigenvalue weighted by atomic mass is 9.90. The smallest absolute Gasteiger partial charge is 0.260 e. The molecule has 5 nitrogen and oxygen atoms in total. The molecule has 4 rings (SSSR count). The first kappa shape index (κ1) is 17.9. The largest absolute Gasteiger partial charge is 0.485 e. The minimum Gasteiger partial charge on any atom is -0.485 e. The maximum Gasteiger partial charge on any atom is 0.260 e. The molecule has 0 bridgehead atoms. The Morgan fingerprint density at radius 3 is 2.56 bits per heavy atom. The van der Waals surface area contributed by atoms with Crippen LogP contribution in [0, 0.1) is 0 Å². The van der Waals surface area contributed by atoms with E-state index in [0.717, 1.165) is 37.2 Å². The number of nitrogens with zero attached hydrogens (tertiary/aromatic N) is 2. The summed E-state index contributed by atoms with van der Waals surface area (Å²) < 4.78 is 12.2. The van der Waals surface area contributed by atoms with Crippen LogP contribution in [0.2, 0.25) is 0 Å². The van der Waals surface area contributed by atoms with Gasteiger partial charge < -0.3 is 19.3 Å². The fourth-order valence-corrected chi connectivity index (χ4v) is 3.82. The van der Waals surface area contributed by atoms with Gasteiger partial charge in [-0.25, -0.2) is 0 Å². The summed E-state index contributed by atoms with van der Waals surface area (Å²) in [5.41, 5.74) is 0.739. The summed E-state index contributed by atoms with van der Waals surface area (Å²) in [5.74, 6) is 1.62. The van der Waals surface area contributed by atoms with Gasteiger partial charge in [0.25, 0.3) is 5.91 Å². The van der Waals surface area contributed by atoms with Crippen molar-refractivity contribution in [2.24, 2.45) is 0 Å². The zero-order chi connectivity index (χ0) is 18.7. The summed E-state index contributed by atoms with van der Waals surface area (Å²) >= 11 is 0. The third-order valence-corrected chi connectivity index (χ3v) is 5.50. The average molecular weight is 366 g/mol. The minimum atomic E-state index is -0.318. The summed E-state index contributed by atoms with van der Waals surface area (Å²) in [5, 5.41) is 0. The lowest BCUT2D eigenvalue weighted by molar-refractivity contribution is -0.137. The molecule has 27 heavy (non-hydrogen) atoms. The summed E-state index contributed by atoms with van der Waals surface area (Å²) in [7, 11) is 2.13. The zero-order valence-corrected chi connectivity index (χ0v) is 15.8. The Bertz CT molecular complexity index is 785. The Kier molecular flexibility index (Phi) is 5.03. The molecule has 142 valence electrons. The van der Waals surface area contributed by atoms with E-state index in [1.807, 2.05) is 59.5 Å². The molecule has 2 heterocycles. The van der Waals surface area contributed by atoms with E-state index >= 15 is 0 Å². The molecule has 0 unspecified atom stereocenters. The van der Waals surface area contributed by atoms with Crippen LogP contribution in [0.4, 0.5) is 0 Å². The Labute approximate surface area is 160 Å². The standard InChI is InChI=1S/C22H26N2O3/c1-23-13-11-22(12-14-23)17-24(15-18-7-5-6-10-20(18)27-22)21(25)16-26-19-8-3-2-4-9-19/h2-10H,11-17H2,1H3. The van der Waals surface area contributed by atoms with Crippen molar-refractivity contribution in [3.63, 3.8) is 0 Å². The van der Waals surface area contributed by atoms with Crippen LogP contribution in [-0.2, 0) is 11.3 Å². The third kappa shape index (κ3) is 4.08. The second-order valence-corrected chi connectivity index (χ2v) is 7.55. The molecule has 1 amide bonds. The Hall–Kier alpha value is -2.53. The number of amides is 1. The summed E-state index contributed by atoms with van der Waals surface area (Å²) in [6.07, 6.45) is 1.84. The minimum absolute atomic E-state index is 0.00235. The maximum absolute atomic E-state index is 13.0. The number of rotatable bonds is 3. The summed E-state index contributed by atoms with van der Waals surface area (Å²) in [6.45, 7) is 3.16. The van der Waals surface area contributed by atoms with Gasteiger partial charge in [0.15, 0.2) is 6.61 Å². The van der Waals surface area contributed by atoms with Crippen LogP contribution in [0.15, 0.2) is 54.6 Å². The van der Waals surface area contributed by atoms with E-state index in [-0.39, 0.29) is 18.1 Å². The second kappa shape index (κ2) is 7.61. The molecule has 2 aromatic carbocycles. The van der Waals surface area contributed by atoms with Gasteiger partial charge >= 0.3 is 0 Å². The van der Waals surface area contributed by atoms with Crippen molar-refractivity contribution >= 4 is 5.91 Å². The normalized spacial score (nSPS) is 19.1. The number of carbonyl (C=O) groups excluding carboxylic acids is 1. The number of likely N-dealkylation sites (tertiary alicyclic amines) is 1. The van der Waals surface area contributed by atoms with Crippen molar-refractivity contribution in [3.8, 4) is 11.5 Å². The van der Waals surface area contributed by atoms with E-state index in [0.29, 0.717) is 18.8 Å². The van der Waals surface area contributed by atoms with Gasteiger partial charge in [-0.2, -0.15) is 0 Å². The predicted octanol–water partition coefficient (Wildman–Crippen LogP) is 2.95. The molecule has 0 radical (unpaired) electrons. The highest BCUT2D eigenvalue weighted by Gasteiger charge is 2.41. The van der Waals surface area contributed by atoms with E-state index in [2.05, 4.69) is 11.9 Å². The Morgan fingerprint density at radius 2 is 1.78 bits per heavy atom. The van der Waals surface area contributed by atoms with E-state index in [9.17, 15) is 4.79 Å². The van der Waals surface area contributed by atoms with Crippen molar-refractivity contribution in [1.29, 1.82) is 0 Å². The molecule has 2 aliphatic rings. The third-order valence-electron chi connectivity index (χ3n) is 5.50. The predicted molar refractivity (Wildman–Crippen MR) is 104 cm³/mol. The van der Waals surface area contributed by atoms with Gasteiger partial charge in [-0.3, -0.25) is 4.79 Å². The number of hydrogen-bond donors (Lipinski definition) is 0. The van der Waals surface area contributed by atoms with E-state index < -0.39 is 0 Å². The SMILES string of the molecule is CN1CCC2(CC1)CN(C(=O)COc1ccccc1)Cc1ccccc1O2. The van der Waals surface area contributed by atoms with Crippen LogP contribution in [0.3, 0.4) is 0 Å². The summed E-state index contributed by atoms with van der Waals surface area (Å²) in [4.78, 5) is 17.2. The molecule has 1 fully saturated rings. The first-order chi connectivity index (χ1) is 13.1. The van der Waals surface area contributed by atoms with Gasteiger partial charge in [0, 0.05) is 38.0 Å². The molecule has 0 atom stereocenters. The summed E-state index contributed by atoms with van der Waals surface area (Å²) in [6, 6.07) is 17.5. The van der Waals surface area contributed by atoms with Gasteiger partial charge in [0.1, 0.15) is 17.1 Å². The second-order valence-electron chi connectivity index (χ2n) is 7.55. The van der Waals surface area contributed by atoms with Gasteiger partial charge in [0.2, 0.25) is 0 Å². The Balaban J connectivity index is 1.53. The number of ether oxygens (including phenoxy) is 2. The van der Waals surface area contributed by atoms with Crippen LogP contribution >= 0.6 is 0 Å². The molecule has 0 aromatic heterocycles. The molecular formula is C22H26N2O3. The van der Waals surface area contributed by atoms with Gasteiger partial charge in [-0.05, 0) is 25.2 Å². The van der Waals surface area contributed by atoms with E-state index in [4.69, 9.17) is 9.47 Å². The van der Waals surface area contributed by atoms with Crippen molar-refractivity contribution < 1.29 is 14.3 Å². The van der Waals surface area contributed by atoms with Gasteiger partial charge in [-0.1, -0.05) is 36.4 Å². The molecule has 1 spiro atoms. The molecule has 0 aliphatic carbocycles. The fourth-order valence-electron chi connectivity index (χ4n) is 3.82. The van der Waals surface area contributed by atoms with Gasteiger partial charge in [0.05, 0.1) is 6.54 Å².